The number of hydrogen-bond acceptors (Lipinski definition) is 4. The molecule has 0 radical (unpaired) electrons. The summed E-state index contributed by atoms with van der Waals surface area (Å²) in [5, 5.41) is 4.33. The zero-order valence-corrected chi connectivity index (χ0v) is 10.3. The number of amides is 1. The molecule has 100 valence electrons. The number of carbonyl (C=O) groups is 1. The van der Waals surface area contributed by atoms with Crippen LogP contribution in [0.3, 0.4) is 0 Å². The smallest absolute Gasteiger partial charge is 0.269 e. The molecule has 2 aromatic rings. The van der Waals surface area contributed by atoms with E-state index in [1.54, 1.807) is 12.1 Å². The Hall–Kier alpha value is -2.18. The highest BCUT2D eigenvalue weighted by Crippen LogP contribution is 2.20. The number of aromatic nitrogens is 3. The minimum atomic E-state index is -0.829. The van der Waals surface area contributed by atoms with Crippen molar-refractivity contribution in [3.63, 3.8) is 0 Å². The van der Waals surface area contributed by atoms with Crippen molar-refractivity contribution in [2.75, 3.05) is 18.0 Å². The maximum Gasteiger partial charge on any atom is 0.269 e. The average molecular weight is 263 g/mol. The van der Waals surface area contributed by atoms with Crippen molar-refractivity contribution in [3.05, 3.63) is 24.0 Å². The Labute approximate surface area is 109 Å². The highest BCUT2D eigenvalue weighted by molar-refractivity contribution is 5.91. The Morgan fingerprint density at radius 1 is 1.47 bits per heavy atom. The van der Waals surface area contributed by atoms with E-state index in [2.05, 4.69) is 10.1 Å². The van der Waals surface area contributed by atoms with Crippen LogP contribution in [0.25, 0.3) is 5.65 Å². The highest BCUT2D eigenvalue weighted by atomic mass is 19.1. The number of imidazole rings is 1. The van der Waals surface area contributed by atoms with E-state index in [1.165, 1.54) is 10.7 Å². The summed E-state index contributed by atoms with van der Waals surface area (Å²) < 4.78 is 14.8. The zero-order valence-electron chi connectivity index (χ0n) is 10.3. The largest absolute Gasteiger partial charge is 0.364 e. The van der Waals surface area contributed by atoms with E-state index in [9.17, 15) is 9.18 Å². The summed E-state index contributed by atoms with van der Waals surface area (Å²) in [6.07, 6.45) is 1.96. The van der Waals surface area contributed by atoms with Gasteiger partial charge >= 0.3 is 0 Å². The van der Waals surface area contributed by atoms with Gasteiger partial charge in [-0.3, -0.25) is 4.79 Å². The molecule has 1 atom stereocenters. The maximum absolute atomic E-state index is 13.4. The Morgan fingerprint density at radius 3 is 3.05 bits per heavy atom. The summed E-state index contributed by atoms with van der Waals surface area (Å²) in [6, 6.07) is 3.53. The number of rotatable bonds is 2. The fourth-order valence-electron chi connectivity index (χ4n) is 2.33. The van der Waals surface area contributed by atoms with Crippen LogP contribution in [0, 0.1) is 0 Å². The summed E-state index contributed by atoms with van der Waals surface area (Å²) in [6.45, 7) is 1.10. The number of anilines is 1. The first-order chi connectivity index (χ1) is 9.15. The number of primary amides is 1. The van der Waals surface area contributed by atoms with Gasteiger partial charge in [0.25, 0.3) is 5.91 Å². The molecule has 1 unspecified atom stereocenters. The van der Waals surface area contributed by atoms with Gasteiger partial charge in [0, 0.05) is 6.54 Å². The molecule has 2 aromatic heterocycles. The number of fused-ring (bicyclic) bond motifs is 1. The van der Waals surface area contributed by atoms with Crippen molar-refractivity contribution in [3.8, 4) is 0 Å². The Kier molecular flexibility index (Phi) is 2.81. The van der Waals surface area contributed by atoms with Crippen LogP contribution >= 0.6 is 0 Å². The van der Waals surface area contributed by atoms with Crippen LogP contribution in [0.1, 0.15) is 23.3 Å². The summed E-state index contributed by atoms with van der Waals surface area (Å²) >= 11 is 0. The molecule has 0 bridgehead atoms. The normalized spacial score (nSPS) is 19.8. The lowest BCUT2D eigenvalue weighted by atomic mass is 10.1. The predicted octanol–water partition coefficient (Wildman–Crippen LogP) is 0.766. The lowest BCUT2D eigenvalue weighted by Gasteiger charge is -2.29. The van der Waals surface area contributed by atoms with Gasteiger partial charge in [-0.25, -0.2) is 13.9 Å². The Bertz CT molecular complexity index is 626. The first kappa shape index (κ1) is 11.9. The van der Waals surface area contributed by atoms with E-state index < -0.39 is 12.1 Å². The molecule has 2 N–H and O–H groups in total. The molecule has 7 heteroatoms. The molecule has 1 fully saturated rings. The molecule has 0 spiro atoms. The first-order valence-electron chi connectivity index (χ1n) is 6.19. The van der Waals surface area contributed by atoms with Crippen LogP contribution in [-0.4, -0.2) is 39.8 Å². The van der Waals surface area contributed by atoms with Crippen molar-refractivity contribution in [1.29, 1.82) is 0 Å². The number of halogens is 1. The van der Waals surface area contributed by atoms with Crippen LogP contribution in [0.5, 0.6) is 0 Å². The maximum atomic E-state index is 13.4. The van der Waals surface area contributed by atoms with Gasteiger partial charge < -0.3 is 10.6 Å². The second-order valence-corrected chi connectivity index (χ2v) is 4.65. The van der Waals surface area contributed by atoms with Crippen LogP contribution in [-0.2, 0) is 0 Å². The molecule has 1 amide bonds. The first-order valence-corrected chi connectivity index (χ1v) is 6.19. The molecule has 0 aromatic carbocycles. The van der Waals surface area contributed by atoms with E-state index in [-0.39, 0.29) is 5.69 Å². The zero-order chi connectivity index (χ0) is 13.4. The minimum Gasteiger partial charge on any atom is -0.364 e. The summed E-state index contributed by atoms with van der Waals surface area (Å²) in [7, 11) is 0. The van der Waals surface area contributed by atoms with Gasteiger partial charge in [0.1, 0.15) is 17.7 Å². The second kappa shape index (κ2) is 4.49. The number of alkyl halides is 1. The van der Waals surface area contributed by atoms with Crippen molar-refractivity contribution in [2.45, 2.75) is 19.0 Å². The molecule has 1 aliphatic heterocycles. The molecular formula is C12H14FN5O. The van der Waals surface area contributed by atoms with Crippen LogP contribution < -0.4 is 10.6 Å². The molecule has 3 rings (SSSR count). The Morgan fingerprint density at radius 2 is 2.32 bits per heavy atom. The summed E-state index contributed by atoms with van der Waals surface area (Å²) in [4.78, 5) is 17.2. The predicted molar refractivity (Wildman–Crippen MR) is 67.8 cm³/mol. The van der Waals surface area contributed by atoms with Gasteiger partial charge in [-0.1, -0.05) is 0 Å². The molecule has 0 saturated carbocycles. The van der Waals surface area contributed by atoms with Crippen molar-refractivity contribution in [1.82, 2.24) is 14.6 Å². The highest BCUT2D eigenvalue weighted by Gasteiger charge is 2.21. The standard InChI is InChI=1S/C12H14FN5O/c13-8-2-1-5-17(7-8)11-4-3-10-15-6-9(12(14)19)18(10)16-11/h3-4,6,8H,1-2,5,7H2,(H2,14,19). The topological polar surface area (TPSA) is 76.5 Å². The molecule has 1 saturated heterocycles. The number of carbonyl (C=O) groups excluding carboxylic acids is 1. The van der Waals surface area contributed by atoms with Crippen molar-refractivity contribution >= 4 is 17.4 Å². The van der Waals surface area contributed by atoms with Gasteiger partial charge in [-0.15, -0.1) is 5.10 Å². The number of piperidine rings is 1. The lowest BCUT2D eigenvalue weighted by Crippen LogP contribution is -2.37. The van der Waals surface area contributed by atoms with Crippen LogP contribution in [0.15, 0.2) is 18.3 Å². The van der Waals surface area contributed by atoms with E-state index in [0.29, 0.717) is 24.4 Å². The third-order valence-corrected chi connectivity index (χ3v) is 3.29. The van der Waals surface area contributed by atoms with Crippen molar-refractivity contribution in [2.24, 2.45) is 5.73 Å². The number of hydrogen-bond donors (Lipinski definition) is 1. The van der Waals surface area contributed by atoms with Gasteiger partial charge in [0.15, 0.2) is 5.65 Å². The van der Waals surface area contributed by atoms with Gasteiger partial charge in [0.2, 0.25) is 0 Å². The van der Waals surface area contributed by atoms with E-state index in [1.807, 2.05) is 4.90 Å². The van der Waals surface area contributed by atoms with Crippen LogP contribution in [0.4, 0.5) is 10.2 Å². The lowest BCUT2D eigenvalue weighted by molar-refractivity contribution is 0.0993. The van der Waals surface area contributed by atoms with Gasteiger partial charge in [0.05, 0.1) is 12.7 Å². The fourth-order valence-corrected chi connectivity index (χ4v) is 2.33. The van der Waals surface area contributed by atoms with Crippen molar-refractivity contribution < 1.29 is 9.18 Å². The van der Waals surface area contributed by atoms with E-state index in [0.717, 1.165) is 13.0 Å². The third-order valence-electron chi connectivity index (χ3n) is 3.29. The molecule has 1 aliphatic rings. The minimum absolute atomic E-state index is 0.227. The molecular weight excluding hydrogens is 249 g/mol. The van der Waals surface area contributed by atoms with E-state index in [4.69, 9.17) is 5.73 Å². The quantitative estimate of drug-likeness (QED) is 0.868. The fraction of sp³-hybridized carbons (Fsp3) is 0.417. The molecule has 19 heavy (non-hydrogen) atoms. The molecule has 0 aliphatic carbocycles. The number of nitrogens with two attached hydrogens (primary N) is 1. The monoisotopic (exact) mass is 263 g/mol. The van der Waals surface area contributed by atoms with Gasteiger partial charge in [-0.2, -0.15) is 0 Å². The average Bonchev–Trinajstić information content (AvgIpc) is 2.81. The molecule has 3 heterocycles. The number of nitrogens with zero attached hydrogens (tertiary/aromatic N) is 4. The Balaban J connectivity index is 2.00. The second-order valence-electron chi connectivity index (χ2n) is 4.65. The van der Waals surface area contributed by atoms with Gasteiger partial charge in [-0.05, 0) is 25.0 Å². The molecule has 6 nitrogen and oxygen atoms in total. The summed E-state index contributed by atoms with van der Waals surface area (Å²) in [5.41, 5.74) is 6.04. The summed E-state index contributed by atoms with van der Waals surface area (Å²) in [5.74, 6) is 0.0505. The third kappa shape index (κ3) is 2.11. The SMILES string of the molecule is NC(=O)c1cnc2ccc(N3CCCC(F)C3)nn12. The van der Waals surface area contributed by atoms with Crippen LogP contribution in [0.2, 0.25) is 0 Å². The van der Waals surface area contributed by atoms with E-state index >= 15 is 0 Å².